The van der Waals surface area contributed by atoms with Crippen LogP contribution in [0.1, 0.15) is 23.2 Å². The van der Waals surface area contributed by atoms with Gasteiger partial charge in [-0.05, 0) is 31.0 Å². The number of carbonyl (C=O) groups excluding carboxylic acids is 2. The number of hydrogen-bond acceptors (Lipinski definition) is 4. The predicted molar refractivity (Wildman–Crippen MR) is 71.5 cm³/mol. The van der Waals surface area contributed by atoms with Gasteiger partial charge in [0.2, 0.25) is 0 Å². The Morgan fingerprint density at radius 1 is 1.35 bits per heavy atom. The largest absolute Gasteiger partial charge is 0.469 e. The lowest BCUT2D eigenvalue weighted by atomic mass is 9.96. The van der Waals surface area contributed by atoms with Gasteiger partial charge in [-0.3, -0.25) is 9.59 Å². The Morgan fingerprint density at radius 2 is 2.00 bits per heavy atom. The van der Waals surface area contributed by atoms with E-state index in [1.165, 1.54) is 19.2 Å². The summed E-state index contributed by atoms with van der Waals surface area (Å²) in [6.07, 6.45) is 1.10. The minimum absolute atomic E-state index is 0.168. The molecule has 0 unspecified atom stereocenters. The third-order valence-electron chi connectivity index (χ3n) is 3.56. The first kappa shape index (κ1) is 14.3. The molecule has 1 saturated heterocycles. The highest BCUT2D eigenvalue weighted by molar-refractivity contribution is 5.99. The van der Waals surface area contributed by atoms with Crippen LogP contribution in [-0.2, 0) is 9.53 Å². The molecule has 1 aromatic rings. The number of esters is 1. The molecule has 0 aliphatic carbocycles. The molecule has 2 rings (SSSR count). The van der Waals surface area contributed by atoms with Gasteiger partial charge in [-0.25, -0.2) is 4.39 Å². The van der Waals surface area contributed by atoms with Crippen molar-refractivity contribution in [3.8, 4) is 0 Å². The lowest BCUT2D eigenvalue weighted by molar-refractivity contribution is -0.146. The summed E-state index contributed by atoms with van der Waals surface area (Å²) in [7, 11) is 1.35. The fourth-order valence-corrected chi connectivity index (χ4v) is 2.37. The lowest BCUT2D eigenvalue weighted by Crippen LogP contribution is -2.40. The van der Waals surface area contributed by atoms with Crippen LogP contribution in [0.5, 0.6) is 0 Å². The van der Waals surface area contributed by atoms with Gasteiger partial charge in [0.05, 0.1) is 18.6 Å². The highest BCUT2D eigenvalue weighted by Gasteiger charge is 2.29. The van der Waals surface area contributed by atoms with Crippen LogP contribution >= 0.6 is 0 Å². The van der Waals surface area contributed by atoms with Gasteiger partial charge >= 0.3 is 5.97 Å². The molecule has 1 fully saturated rings. The number of rotatable bonds is 2. The number of halogens is 1. The van der Waals surface area contributed by atoms with Crippen LogP contribution in [-0.4, -0.2) is 37.0 Å². The predicted octanol–water partition coefficient (Wildman–Crippen LogP) is 1.43. The van der Waals surface area contributed by atoms with Crippen molar-refractivity contribution in [2.24, 2.45) is 5.92 Å². The van der Waals surface area contributed by atoms with Crippen molar-refractivity contribution in [1.82, 2.24) is 4.90 Å². The molecule has 2 N–H and O–H groups in total. The zero-order valence-electron chi connectivity index (χ0n) is 11.3. The summed E-state index contributed by atoms with van der Waals surface area (Å²) in [6, 6.07) is 3.74. The van der Waals surface area contributed by atoms with Crippen molar-refractivity contribution in [3.05, 3.63) is 29.6 Å². The summed E-state index contributed by atoms with van der Waals surface area (Å²) in [6.45, 7) is 0.878. The van der Waals surface area contributed by atoms with E-state index in [-0.39, 0.29) is 29.0 Å². The molecule has 0 saturated carbocycles. The molecule has 0 bridgehead atoms. The highest BCUT2D eigenvalue weighted by Crippen LogP contribution is 2.22. The van der Waals surface area contributed by atoms with Gasteiger partial charge in [-0.2, -0.15) is 0 Å². The summed E-state index contributed by atoms with van der Waals surface area (Å²) in [5.41, 5.74) is 6.13. The van der Waals surface area contributed by atoms with Gasteiger partial charge in [0.15, 0.2) is 0 Å². The first-order chi connectivity index (χ1) is 9.52. The Bertz CT molecular complexity index is 525. The van der Waals surface area contributed by atoms with Crippen LogP contribution < -0.4 is 5.73 Å². The molecule has 0 radical (unpaired) electrons. The maximum Gasteiger partial charge on any atom is 0.308 e. The number of likely N-dealkylation sites (tertiary alicyclic amines) is 1. The second-order valence-corrected chi connectivity index (χ2v) is 4.82. The third-order valence-corrected chi connectivity index (χ3v) is 3.56. The van der Waals surface area contributed by atoms with Crippen LogP contribution in [0.25, 0.3) is 0 Å². The minimum Gasteiger partial charge on any atom is -0.469 e. The molecule has 20 heavy (non-hydrogen) atoms. The normalized spacial score (nSPS) is 16.0. The van der Waals surface area contributed by atoms with Crippen molar-refractivity contribution >= 4 is 17.6 Å². The lowest BCUT2D eigenvalue weighted by Gasteiger charge is -2.31. The number of piperidine rings is 1. The molecular formula is C14H17FN2O3. The van der Waals surface area contributed by atoms with Crippen LogP contribution in [0, 0.1) is 11.7 Å². The van der Waals surface area contributed by atoms with Gasteiger partial charge in [-0.15, -0.1) is 0 Å². The Hall–Kier alpha value is -2.11. The summed E-state index contributed by atoms with van der Waals surface area (Å²) in [5, 5.41) is 0. The average Bonchev–Trinajstić information content (AvgIpc) is 2.48. The maximum atomic E-state index is 13.2. The van der Waals surface area contributed by atoms with Crippen LogP contribution in [0.4, 0.5) is 10.1 Å². The van der Waals surface area contributed by atoms with Gasteiger partial charge in [0, 0.05) is 18.8 Å². The second kappa shape index (κ2) is 5.90. The SMILES string of the molecule is COC(=O)C1CCN(C(=O)c2cc(F)ccc2N)CC1. The number of carbonyl (C=O) groups is 2. The number of methoxy groups -OCH3 is 1. The van der Waals surface area contributed by atoms with E-state index in [0.29, 0.717) is 25.9 Å². The summed E-state index contributed by atoms with van der Waals surface area (Å²) in [5.74, 6) is -1.21. The molecular weight excluding hydrogens is 263 g/mol. The monoisotopic (exact) mass is 280 g/mol. The molecule has 108 valence electrons. The van der Waals surface area contributed by atoms with E-state index < -0.39 is 5.82 Å². The Morgan fingerprint density at radius 3 is 2.60 bits per heavy atom. The molecule has 1 aromatic carbocycles. The van der Waals surface area contributed by atoms with Crippen LogP contribution in [0.2, 0.25) is 0 Å². The summed E-state index contributed by atoms with van der Waals surface area (Å²) < 4.78 is 17.9. The number of benzene rings is 1. The molecule has 0 atom stereocenters. The highest BCUT2D eigenvalue weighted by atomic mass is 19.1. The summed E-state index contributed by atoms with van der Waals surface area (Å²) >= 11 is 0. The average molecular weight is 280 g/mol. The zero-order valence-corrected chi connectivity index (χ0v) is 11.3. The topological polar surface area (TPSA) is 72.6 Å². The molecule has 1 aliphatic rings. The van der Waals surface area contributed by atoms with E-state index in [1.54, 1.807) is 4.90 Å². The third kappa shape index (κ3) is 2.89. The van der Waals surface area contributed by atoms with E-state index in [9.17, 15) is 14.0 Å². The van der Waals surface area contributed by atoms with Crippen LogP contribution in [0.3, 0.4) is 0 Å². The fraction of sp³-hybridized carbons (Fsp3) is 0.429. The van der Waals surface area contributed by atoms with Gasteiger partial charge < -0.3 is 15.4 Å². The van der Waals surface area contributed by atoms with E-state index >= 15 is 0 Å². The molecule has 6 heteroatoms. The van der Waals surface area contributed by atoms with Crippen molar-refractivity contribution in [2.45, 2.75) is 12.8 Å². The number of nitrogens with two attached hydrogens (primary N) is 1. The van der Waals surface area contributed by atoms with Gasteiger partial charge in [0.1, 0.15) is 5.82 Å². The Kier molecular flexibility index (Phi) is 4.22. The minimum atomic E-state index is -0.494. The maximum absolute atomic E-state index is 13.2. The Balaban J connectivity index is 2.05. The number of nitrogens with zero attached hydrogens (tertiary/aromatic N) is 1. The van der Waals surface area contributed by atoms with Crippen molar-refractivity contribution in [2.75, 3.05) is 25.9 Å². The summed E-state index contributed by atoms with van der Waals surface area (Å²) in [4.78, 5) is 25.3. The van der Waals surface area contributed by atoms with Crippen molar-refractivity contribution in [3.63, 3.8) is 0 Å². The molecule has 0 aromatic heterocycles. The van der Waals surface area contributed by atoms with E-state index in [1.807, 2.05) is 0 Å². The van der Waals surface area contributed by atoms with Crippen molar-refractivity contribution < 1.29 is 18.7 Å². The van der Waals surface area contributed by atoms with E-state index in [4.69, 9.17) is 10.5 Å². The first-order valence-electron chi connectivity index (χ1n) is 6.45. The molecule has 5 nitrogen and oxygen atoms in total. The van der Waals surface area contributed by atoms with Crippen molar-refractivity contribution in [1.29, 1.82) is 0 Å². The molecule has 1 aliphatic heterocycles. The number of amides is 1. The van der Waals surface area contributed by atoms with E-state index in [2.05, 4.69) is 0 Å². The quantitative estimate of drug-likeness (QED) is 0.657. The number of hydrogen-bond donors (Lipinski definition) is 1. The molecule has 1 amide bonds. The first-order valence-corrected chi connectivity index (χ1v) is 6.45. The smallest absolute Gasteiger partial charge is 0.308 e. The second-order valence-electron chi connectivity index (χ2n) is 4.82. The van der Waals surface area contributed by atoms with E-state index in [0.717, 1.165) is 6.07 Å². The standard InChI is InChI=1S/C14H17FN2O3/c1-20-14(19)9-4-6-17(7-5-9)13(18)11-8-10(15)2-3-12(11)16/h2-3,8-9H,4-7,16H2,1H3. The number of nitrogen functional groups attached to an aromatic ring is 1. The van der Waals surface area contributed by atoms with Crippen LogP contribution in [0.15, 0.2) is 18.2 Å². The fourth-order valence-electron chi connectivity index (χ4n) is 2.37. The molecule has 1 heterocycles. The number of anilines is 1. The van der Waals surface area contributed by atoms with Gasteiger partial charge in [0.25, 0.3) is 5.91 Å². The number of ether oxygens (including phenoxy) is 1. The zero-order chi connectivity index (χ0) is 14.7. The molecule has 0 spiro atoms. The Labute approximate surface area is 116 Å². The van der Waals surface area contributed by atoms with Gasteiger partial charge in [-0.1, -0.05) is 0 Å².